The first-order valence-electron chi connectivity index (χ1n) is 11.5. The Balaban J connectivity index is 1.23. The van der Waals surface area contributed by atoms with E-state index >= 15 is 0 Å². The van der Waals surface area contributed by atoms with E-state index in [0.29, 0.717) is 23.0 Å². The molecule has 2 aromatic carbocycles. The van der Waals surface area contributed by atoms with E-state index in [0.717, 1.165) is 53.2 Å². The first-order chi connectivity index (χ1) is 16.2. The summed E-state index contributed by atoms with van der Waals surface area (Å²) in [6.07, 6.45) is -0.108. The number of hydrogen-bond donors (Lipinski definition) is 2. The molecule has 2 fully saturated rings. The van der Waals surface area contributed by atoms with Crippen molar-refractivity contribution in [1.29, 1.82) is 0 Å². The predicted molar refractivity (Wildman–Crippen MR) is 127 cm³/mol. The maximum Gasteiger partial charge on any atom is 0.416 e. The summed E-state index contributed by atoms with van der Waals surface area (Å²) in [7, 11) is 0. The lowest BCUT2D eigenvalue weighted by molar-refractivity contribution is -0.137. The summed E-state index contributed by atoms with van der Waals surface area (Å²) in [6, 6.07) is 13.3. The minimum absolute atomic E-state index is 0.158. The SMILES string of the molecule is Cc1nc(-c2ccc(C(F)(F)F)cc2)sc1CNc1ccc([C@@H]2C[C@]2(C(N)=O)C2CCC2)cc1. The van der Waals surface area contributed by atoms with Gasteiger partial charge in [0.15, 0.2) is 0 Å². The zero-order valence-corrected chi connectivity index (χ0v) is 19.6. The number of halogens is 3. The van der Waals surface area contributed by atoms with Gasteiger partial charge in [-0.3, -0.25) is 4.79 Å². The Morgan fingerprint density at radius 3 is 2.38 bits per heavy atom. The van der Waals surface area contributed by atoms with Crippen molar-refractivity contribution in [2.45, 2.75) is 51.2 Å². The number of rotatable bonds is 7. The van der Waals surface area contributed by atoms with E-state index in [1.165, 1.54) is 29.9 Å². The quantitative estimate of drug-likeness (QED) is 0.401. The fourth-order valence-corrected chi connectivity index (χ4v) is 6.08. The van der Waals surface area contributed by atoms with Crippen molar-refractivity contribution in [3.05, 3.63) is 70.2 Å². The minimum Gasteiger partial charge on any atom is -0.380 e. The highest BCUT2D eigenvalue weighted by Gasteiger charge is 2.64. The zero-order chi connectivity index (χ0) is 24.1. The summed E-state index contributed by atoms with van der Waals surface area (Å²) in [5.41, 5.74) is 8.43. The lowest BCUT2D eigenvalue weighted by Crippen LogP contribution is -2.36. The predicted octanol–water partition coefficient (Wildman–Crippen LogP) is 6.51. The number of amides is 1. The summed E-state index contributed by atoms with van der Waals surface area (Å²) in [6.45, 7) is 2.47. The third-order valence-electron chi connectivity index (χ3n) is 7.41. The van der Waals surface area contributed by atoms with E-state index in [2.05, 4.69) is 22.4 Å². The van der Waals surface area contributed by atoms with Crippen molar-refractivity contribution in [3.63, 3.8) is 0 Å². The third-order valence-corrected chi connectivity index (χ3v) is 8.62. The molecular weight excluding hydrogens is 459 g/mol. The molecule has 5 rings (SSSR count). The maximum absolute atomic E-state index is 12.8. The number of hydrogen-bond acceptors (Lipinski definition) is 4. The van der Waals surface area contributed by atoms with E-state index in [4.69, 9.17) is 5.73 Å². The summed E-state index contributed by atoms with van der Waals surface area (Å²) >= 11 is 1.47. The lowest BCUT2D eigenvalue weighted by atomic mass is 9.71. The Morgan fingerprint density at radius 1 is 1.15 bits per heavy atom. The van der Waals surface area contributed by atoms with Crippen LogP contribution in [0, 0.1) is 18.3 Å². The Morgan fingerprint density at radius 2 is 1.82 bits per heavy atom. The van der Waals surface area contributed by atoms with Crippen LogP contribution >= 0.6 is 11.3 Å². The van der Waals surface area contributed by atoms with Crippen LogP contribution in [0.15, 0.2) is 48.5 Å². The summed E-state index contributed by atoms with van der Waals surface area (Å²) < 4.78 is 38.4. The number of aromatic nitrogens is 1. The molecule has 8 heteroatoms. The van der Waals surface area contributed by atoms with Crippen molar-refractivity contribution < 1.29 is 18.0 Å². The smallest absolute Gasteiger partial charge is 0.380 e. The Hall–Kier alpha value is -2.87. The molecule has 1 aromatic heterocycles. The van der Waals surface area contributed by atoms with Crippen LogP contribution in [0.4, 0.5) is 18.9 Å². The van der Waals surface area contributed by atoms with Gasteiger partial charge in [0, 0.05) is 16.1 Å². The van der Waals surface area contributed by atoms with E-state index in [9.17, 15) is 18.0 Å². The monoisotopic (exact) mass is 485 g/mol. The average molecular weight is 486 g/mol. The highest BCUT2D eigenvalue weighted by molar-refractivity contribution is 7.15. The largest absolute Gasteiger partial charge is 0.416 e. The van der Waals surface area contributed by atoms with Gasteiger partial charge in [-0.25, -0.2) is 4.98 Å². The molecule has 1 heterocycles. The van der Waals surface area contributed by atoms with E-state index < -0.39 is 11.7 Å². The van der Waals surface area contributed by atoms with Crippen LogP contribution in [-0.2, 0) is 17.5 Å². The molecule has 0 unspecified atom stereocenters. The molecule has 2 atom stereocenters. The first kappa shape index (κ1) is 22.9. The van der Waals surface area contributed by atoms with Gasteiger partial charge in [-0.05, 0) is 67.9 Å². The molecule has 178 valence electrons. The van der Waals surface area contributed by atoms with Crippen LogP contribution in [0.25, 0.3) is 10.6 Å². The average Bonchev–Trinajstić information content (AvgIpc) is 3.39. The number of anilines is 1. The first-order valence-corrected chi connectivity index (χ1v) is 12.3. The van der Waals surface area contributed by atoms with Gasteiger partial charge in [-0.1, -0.05) is 30.7 Å². The second-order valence-electron chi connectivity index (χ2n) is 9.37. The van der Waals surface area contributed by atoms with Crippen molar-refractivity contribution in [2.24, 2.45) is 17.1 Å². The molecule has 0 spiro atoms. The van der Waals surface area contributed by atoms with Crippen LogP contribution in [0.2, 0.25) is 0 Å². The summed E-state index contributed by atoms with van der Waals surface area (Å²) in [5, 5.41) is 4.10. The van der Waals surface area contributed by atoms with Crippen molar-refractivity contribution in [2.75, 3.05) is 5.32 Å². The number of carbonyl (C=O) groups is 1. The third kappa shape index (κ3) is 4.08. The molecule has 34 heavy (non-hydrogen) atoms. The molecule has 2 saturated carbocycles. The van der Waals surface area contributed by atoms with Crippen molar-refractivity contribution in [3.8, 4) is 10.6 Å². The zero-order valence-electron chi connectivity index (χ0n) is 18.8. The second-order valence-corrected chi connectivity index (χ2v) is 10.5. The molecule has 0 aliphatic heterocycles. The van der Waals surface area contributed by atoms with Gasteiger partial charge in [0.2, 0.25) is 5.91 Å². The number of nitrogens with zero attached hydrogens (tertiary/aromatic N) is 1. The Bertz CT molecular complexity index is 1200. The Kier molecular flexibility index (Phi) is 5.67. The van der Waals surface area contributed by atoms with Gasteiger partial charge in [0.05, 0.1) is 23.2 Å². The van der Waals surface area contributed by atoms with Crippen LogP contribution < -0.4 is 11.1 Å². The fraction of sp³-hybridized carbons (Fsp3) is 0.385. The molecule has 0 radical (unpaired) electrons. The van der Waals surface area contributed by atoms with Gasteiger partial charge in [0.25, 0.3) is 0 Å². The second kappa shape index (κ2) is 8.41. The number of aryl methyl sites for hydroxylation is 1. The standard InChI is InChI=1S/C26H26F3N3OS/c1-15-22(34-23(32-15)17-5-9-19(10-6-17)26(27,28)29)14-31-20-11-7-16(8-12-20)21-13-25(21,24(30)33)18-3-2-4-18/h5-12,18,21,31H,2-4,13-14H2,1H3,(H2,30,33)/t21-,25-/m0/s1. The van der Waals surface area contributed by atoms with Crippen molar-refractivity contribution >= 4 is 22.9 Å². The Labute approximate surface area is 200 Å². The number of nitrogens with one attached hydrogen (secondary N) is 1. The van der Waals surface area contributed by atoms with E-state index in [-0.39, 0.29) is 17.2 Å². The van der Waals surface area contributed by atoms with Crippen LogP contribution in [-0.4, -0.2) is 10.9 Å². The lowest BCUT2D eigenvalue weighted by Gasteiger charge is -2.33. The number of thiazole rings is 1. The van der Waals surface area contributed by atoms with Crippen LogP contribution in [0.3, 0.4) is 0 Å². The van der Waals surface area contributed by atoms with E-state index in [1.54, 1.807) is 0 Å². The number of alkyl halides is 3. The highest BCUT2D eigenvalue weighted by Crippen LogP contribution is 2.67. The number of carbonyl (C=O) groups excluding carboxylic acids is 1. The highest BCUT2D eigenvalue weighted by atomic mass is 32.1. The summed E-state index contributed by atoms with van der Waals surface area (Å²) in [5.74, 6) is 0.495. The molecule has 0 saturated heterocycles. The molecule has 0 bridgehead atoms. The molecule has 3 aromatic rings. The normalized spacial score (nSPS) is 22.3. The molecule has 2 aliphatic rings. The minimum atomic E-state index is -4.35. The summed E-state index contributed by atoms with van der Waals surface area (Å²) in [4.78, 5) is 17.8. The topological polar surface area (TPSA) is 68.0 Å². The van der Waals surface area contributed by atoms with Gasteiger partial charge in [-0.15, -0.1) is 11.3 Å². The number of primary amides is 1. The van der Waals surface area contributed by atoms with Crippen molar-refractivity contribution in [1.82, 2.24) is 4.98 Å². The van der Waals surface area contributed by atoms with E-state index in [1.807, 2.05) is 19.1 Å². The van der Waals surface area contributed by atoms with Crippen LogP contribution in [0.5, 0.6) is 0 Å². The van der Waals surface area contributed by atoms with Gasteiger partial charge >= 0.3 is 6.18 Å². The fourth-order valence-electron chi connectivity index (χ4n) is 5.08. The number of benzene rings is 2. The van der Waals surface area contributed by atoms with Crippen LogP contribution in [0.1, 0.15) is 53.3 Å². The molecule has 3 N–H and O–H groups in total. The van der Waals surface area contributed by atoms with Gasteiger partial charge in [-0.2, -0.15) is 13.2 Å². The maximum atomic E-state index is 12.8. The molecular formula is C26H26F3N3OS. The van der Waals surface area contributed by atoms with Gasteiger partial charge in [0.1, 0.15) is 5.01 Å². The number of nitrogens with two attached hydrogens (primary N) is 1. The van der Waals surface area contributed by atoms with Gasteiger partial charge < -0.3 is 11.1 Å². The molecule has 1 amide bonds. The molecule has 4 nitrogen and oxygen atoms in total. The molecule has 2 aliphatic carbocycles.